The van der Waals surface area contributed by atoms with E-state index in [9.17, 15) is 22.8 Å². The smallest absolute Gasteiger partial charge is 0.387 e. The van der Waals surface area contributed by atoms with E-state index in [0.717, 1.165) is 0 Å². The summed E-state index contributed by atoms with van der Waals surface area (Å²) < 4.78 is 42.4. The van der Waals surface area contributed by atoms with E-state index in [1.54, 1.807) is 19.1 Å². The highest BCUT2D eigenvalue weighted by Gasteiger charge is 2.15. The van der Waals surface area contributed by atoms with Crippen molar-refractivity contribution >= 4 is 11.8 Å². The van der Waals surface area contributed by atoms with Crippen LogP contribution in [-0.2, 0) is 11.3 Å². The molecule has 2 aromatic carbocycles. The van der Waals surface area contributed by atoms with Crippen LogP contribution in [0, 0.1) is 12.7 Å². The SMILES string of the molecule is Cc1ccc(CNC(=O)CNC(=O)c2ccccc2OC(F)F)cc1F. The Morgan fingerprint density at radius 1 is 1.12 bits per heavy atom. The van der Waals surface area contributed by atoms with Crippen molar-refractivity contribution < 1.29 is 27.5 Å². The maximum Gasteiger partial charge on any atom is 0.387 e. The van der Waals surface area contributed by atoms with E-state index >= 15 is 0 Å². The van der Waals surface area contributed by atoms with E-state index in [1.807, 2.05) is 0 Å². The second-order valence-corrected chi connectivity index (χ2v) is 5.42. The molecule has 0 aliphatic heterocycles. The first-order chi connectivity index (χ1) is 12.4. The number of carbonyl (C=O) groups excluding carboxylic acids is 2. The first-order valence-corrected chi connectivity index (χ1v) is 7.70. The number of benzene rings is 2. The minimum absolute atomic E-state index is 0.0942. The Morgan fingerprint density at radius 3 is 2.54 bits per heavy atom. The number of alkyl halides is 2. The molecule has 5 nitrogen and oxygen atoms in total. The van der Waals surface area contributed by atoms with E-state index < -0.39 is 18.4 Å². The molecule has 26 heavy (non-hydrogen) atoms. The van der Waals surface area contributed by atoms with Gasteiger partial charge in [0.15, 0.2) is 0 Å². The Balaban J connectivity index is 1.87. The summed E-state index contributed by atoms with van der Waals surface area (Å²) in [4.78, 5) is 23.8. The highest BCUT2D eigenvalue weighted by atomic mass is 19.3. The van der Waals surface area contributed by atoms with Crippen LogP contribution in [0.2, 0.25) is 0 Å². The summed E-state index contributed by atoms with van der Waals surface area (Å²) in [5.41, 5.74) is 0.960. The Hall–Kier alpha value is -3.03. The van der Waals surface area contributed by atoms with Gasteiger partial charge in [0.25, 0.3) is 5.91 Å². The zero-order chi connectivity index (χ0) is 19.1. The van der Waals surface area contributed by atoms with Crippen molar-refractivity contribution in [2.24, 2.45) is 0 Å². The lowest BCUT2D eigenvalue weighted by molar-refractivity contribution is -0.120. The zero-order valence-electron chi connectivity index (χ0n) is 13.9. The van der Waals surface area contributed by atoms with Gasteiger partial charge in [0.05, 0.1) is 12.1 Å². The number of rotatable bonds is 7. The van der Waals surface area contributed by atoms with Gasteiger partial charge in [-0.05, 0) is 36.2 Å². The summed E-state index contributed by atoms with van der Waals surface area (Å²) in [5, 5.41) is 4.85. The molecule has 0 aliphatic carbocycles. The lowest BCUT2D eigenvalue weighted by atomic mass is 10.1. The normalized spacial score (nSPS) is 10.5. The Kier molecular flexibility index (Phi) is 6.60. The predicted molar refractivity (Wildman–Crippen MR) is 88.4 cm³/mol. The maximum absolute atomic E-state index is 13.4. The van der Waals surface area contributed by atoms with E-state index in [2.05, 4.69) is 15.4 Å². The van der Waals surface area contributed by atoms with Crippen LogP contribution < -0.4 is 15.4 Å². The van der Waals surface area contributed by atoms with E-state index in [1.165, 1.54) is 30.3 Å². The lowest BCUT2D eigenvalue weighted by Crippen LogP contribution is -2.36. The van der Waals surface area contributed by atoms with Crippen molar-refractivity contribution in [2.45, 2.75) is 20.1 Å². The molecule has 0 fully saturated rings. The highest BCUT2D eigenvalue weighted by Crippen LogP contribution is 2.19. The molecule has 0 aromatic heterocycles. The van der Waals surface area contributed by atoms with Crippen molar-refractivity contribution in [3.05, 3.63) is 65.0 Å². The van der Waals surface area contributed by atoms with Crippen LogP contribution in [0.15, 0.2) is 42.5 Å². The molecule has 0 bridgehead atoms. The number of halogens is 3. The van der Waals surface area contributed by atoms with Crippen LogP contribution >= 0.6 is 0 Å². The molecule has 8 heteroatoms. The molecule has 0 saturated carbocycles. The van der Waals surface area contributed by atoms with Crippen molar-refractivity contribution in [1.82, 2.24) is 10.6 Å². The first kappa shape index (κ1) is 19.3. The van der Waals surface area contributed by atoms with Crippen LogP contribution in [0.4, 0.5) is 13.2 Å². The van der Waals surface area contributed by atoms with Gasteiger partial charge in [-0.1, -0.05) is 24.3 Å². The molecule has 0 unspecified atom stereocenters. The van der Waals surface area contributed by atoms with Crippen molar-refractivity contribution in [3.63, 3.8) is 0 Å². The molecule has 2 N–H and O–H groups in total. The number of para-hydroxylation sites is 1. The third-order valence-electron chi connectivity index (χ3n) is 3.48. The standard InChI is InChI=1S/C18H17F3N2O3/c1-11-6-7-12(8-14(11)19)9-22-16(24)10-23-17(25)13-4-2-3-5-15(13)26-18(20)21/h2-8,18H,9-10H2,1H3,(H,22,24)(H,23,25). The fourth-order valence-electron chi connectivity index (χ4n) is 2.12. The van der Waals surface area contributed by atoms with Crippen molar-refractivity contribution in [2.75, 3.05) is 6.54 Å². The highest BCUT2D eigenvalue weighted by molar-refractivity contribution is 5.98. The molecule has 0 saturated heterocycles. The van der Waals surface area contributed by atoms with Gasteiger partial charge in [-0.15, -0.1) is 0 Å². The van der Waals surface area contributed by atoms with Gasteiger partial charge in [-0.2, -0.15) is 8.78 Å². The zero-order valence-corrected chi connectivity index (χ0v) is 13.9. The van der Waals surface area contributed by atoms with Crippen molar-refractivity contribution in [3.8, 4) is 5.75 Å². The summed E-state index contributed by atoms with van der Waals surface area (Å²) in [6.45, 7) is -1.71. The minimum atomic E-state index is -3.07. The number of aryl methyl sites for hydroxylation is 1. The number of nitrogens with one attached hydrogen (secondary N) is 2. The molecule has 2 amide bonds. The number of hydrogen-bond acceptors (Lipinski definition) is 3. The Labute approximate surface area is 148 Å². The number of ether oxygens (including phenoxy) is 1. The molecule has 0 aliphatic rings. The average Bonchev–Trinajstić information content (AvgIpc) is 2.60. The van der Waals surface area contributed by atoms with Gasteiger partial charge in [0, 0.05) is 6.54 Å². The van der Waals surface area contributed by atoms with E-state index in [-0.39, 0.29) is 30.2 Å². The third-order valence-corrected chi connectivity index (χ3v) is 3.48. The summed E-state index contributed by atoms with van der Waals surface area (Å²) >= 11 is 0. The molecular weight excluding hydrogens is 349 g/mol. The van der Waals surface area contributed by atoms with Gasteiger partial charge in [-0.3, -0.25) is 9.59 Å². The quantitative estimate of drug-likeness (QED) is 0.792. The van der Waals surface area contributed by atoms with Crippen LogP contribution in [0.1, 0.15) is 21.5 Å². The van der Waals surface area contributed by atoms with Gasteiger partial charge in [0.1, 0.15) is 11.6 Å². The van der Waals surface area contributed by atoms with Gasteiger partial charge in [0.2, 0.25) is 5.91 Å². The summed E-state index contributed by atoms with van der Waals surface area (Å²) in [5.74, 6) is -1.89. The molecule has 0 radical (unpaired) electrons. The Bertz CT molecular complexity index is 797. The molecular formula is C18H17F3N2O3. The maximum atomic E-state index is 13.4. The number of carbonyl (C=O) groups is 2. The van der Waals surface area contributed by atoms with E-state index in [0.29, 0.717) is 11.1 Å². The largest absolute Gasteiger partial charge is 0.434 e. The second-order valence-electron chi connectivity index (χ2n) is 5.42. The van der Waals surface area contributed by atoms with Crippen LogP contribution in [-0.4, -0.2) is 25.0 Å². The first-order valence-electron chi connectivity index (χ1n) is 7.70. The molecule has 138 valence electrons. The minimum Gasteiger partial charge on any atom is -0.434 e. The fourth-order valence-corrected chi connectivity index (χ4v) is 2.12. The third kappa shape index (κ3) is 5.51. The molecule has 2 aromatic rings. The fraction of sp³-hybridized carbons (Fsp3) is 0.222. The lowest BCUT2D eigenvalue weighted by Gasteiger charge is -2.11. The van der Waals surface area contributed by atoms with Crippen molar-refractivity contribution in [1.29, 1.82) is 0 Å². The van der Waals surface area contributed by atoms with Crippen LogP contribution in [0.3, 0.4) is 0 Å². The number of hydrogen-bond donors (Lipinski definition) is 2. The topological polar surface area (TPSA) is 67.4 Å². The summed E-state index contributed by atoms with van der Waals surface area (Å²) in [7, 11) is 0. The van der Waals surface area contributed by atoms with Crippen LogP contribution in [0.25, 0.3) is 0 Å². The van der Waals surface area contributed by atoms with E-state index in [4.69, 9.17) is 0 Å². The molecule has 0 heterocycles. The van der Waals surface area contributed by atoms with Crippen LogP contribution in [0.5, 0.6) is 5.75 Å². The molecule has 2 rings (SSSR count). The van der Waals surface area contributed by atoms with Gasteiger partial charge < -0.3 is 15.4 Å². The summed E-state index contributed by atoms with van der Waals surface area (Å²) in [6, 6.07) is 10.0. The summed E-state index contributed by atoms with van der Waals surface area (Å²) in [6.07, 6.45) is 0. The number of amides is 2. The molecule has 0 atom stereocenters. The second kappa shape index (κ2) is 8.89. The van der Waals surface area contributed by atoms with Gasteiger partial charge in [-0.25, -0.2) is 4.39 Å². The van der Waals surface area contributed by atoms with Gasteiger partial charge >= 0.3 is 6.61 Å². The average molecular weight is 366 g/mol. The predicted octanol–water partition coefficient (Wildman–Crippen LogP) is 2.78. The monoisotopic (exact) mass is 366 g/mol. The Morgan fingerprint density at radius 2 is 1.85 bits per heavy atom. The molecule has 0 spiro atoms.